The summed E-state index contributed by atoms with van der Waals surface area (Å²) in [5.41, 5.74) is 0.545. The second-order valence-corrected chi connectivity index (χ2v) is 6.53. The molecule has 0 aromatic heterocycles. The van der Waals surface area contributed by atoms with Gasteiger partial charge in [-0.05, 0) is 36.8 Å². The summed E-state index contributed by atoms with van der Waals surface area (Å²) in [6, 6.07) is 6.67. The van der Waals surface area contributed by atoms with Crippen LogP contribution in [-0.2, 0) is 9.47 Å². The van der Waals surface area contributed by atoms with E-state index in [2.05, 4.69) is 13.8 Å². The van der Waals surface area contributed by atoms with Crippen LogP contribution in [0.2, 0.25) is 0 Å². The average molecular weight is 334 g/mol. The fraction of sp³-hybridized carbons (Fsp3) is 0.600. The normalized spacial score (nSPS) is 13.2. The number of hydrogen-bond acceptors (Lipinski definition) is 4. The highest BCUT2D eigenvalue weighted by molar-refractivity contribution is 6.03. The first-order chi connectivity index (χ1) is 11.5. The Labute approximate surface area is 145 Å². The summed E-state index contributed by atoms with van der Waals surface area (Å²) < 4.78 is 10.7. The number of rotatable bonds is 10. The van der Waals surface area contributed by atoms with Gasteiger partial charge in [0, 0.05) is 0 Å². The molecule has 4 heteroatoms. The quantitative estimate of drug-likeness (QED) is 0.573. The van der Waals surface area contributed by atoms with Crippen LogP contribution in [0.5, 0.6) is 0 Å². The third kappa shape index (κ3) is 6.73. The van der Waals surface area contributed by atoms with Crippen LogP contribution >= 0.6 is 0 Å². The van der Waals surface area contributed by atoms with E-state index in [-0.39, 0.29) is 11.1 Å². The van der Waals surface area contributed by atoms with E-state index in [1.807, 2.05) is 13.8 Å². The van der Waals surface area contributed by atoms with Gasteiger partial charge in [0.25, 0.3) is 0 Å². The van der Waals surface area contributed by atoms with Crippen molar-refractivity contribution in [2.24, 2.45) is 11.8 Å². The maximum Gasteiger partial charge on any atom is 0.339 e. The number of carbonyl (C=O) groups excluding carboxylic acids is 2. The van der Waals surface area contributed by atoms with Gasteiger partial charge >= 0.3 is 11.9 Å². The van der Waals surface area contributed by atoms with Gasteiger partial charge in [0.15, 0.2) is 0 Å². The second kappa shape index (κ2) is 10.8. The topological polar surface area (TPSA) is 52.6 Å². The van der Waals surface area contributed by atoms with Crippen LogP contribution < -0.4 is 0 Å². The van der Waals surface area contributed by atoms with Crippen molar-refractivity contribution >= 4 is 11.9 Å². The molecule has 0 fully saturated rings. The fourth-order valence-corrected chi connectivity index (χ4v) is 2.58. The van der Waals surface area contributed by atoms with Crippen molar-refractivity contribution in [1.29, 1.82) is 0 Å². The Morgan fingerprint density at radius 2 is 1.21 bits per heavy atom. The van der Waals surface area contributed by atoms with Crippen molar-refractivity contribution in [2.45, 2.75) is 53.4 Å². The smallest absolute Gasteiger partial charge is 0.339 e. The first-order valence-electron chi connectivity index (χ1n) is 8.92. The first kappa shape index (κ1) is 20.2. The summed E-state index contributed by atoms with van der Waals surface area (Å²) in [4.78, 5) is 24.6. The van der Waals surface area contributed by atoms with Crippen molar-refractivity contribution in [3.8, 4) is 0 Å². The standard InChI is InChI=1S/C20H30O4/c1-5-9-15(3)13-23-19(21)17-11-7-8-12-18(17)20(22)24-14-16(4)10-6-2/h7-8,11-12,15-16H,5-6,9-10,13-14H2,1-4H3. The van der Waals surface area contributed by atoms with E-state index in [9.17, 15) is 9.59 Å². The summed E-state index contributed by atoms with van der Waals surface area (Å²) in [5.74, 6) is -0.305. The summed E-state index contributed by atoms with van der Waals surface area (Å²) in [6.07, 6.45) is 4.12. The van der Waals surface area contributed by atoms with Crippen molar-refractivity contribution in [1.82, 2.24) is 0 Å². The zero-order valence-corrected chi connectivity index (χ0v) is 15.3. The molecule has 0 aliphatic rings. The minimum atomic E-state index is -0.466. The zero-order valence-electron chi connectivity index (χ0n) is 15.3. The molecule has 24 heavy (non-hydrogen) atoms. The van der Waals surface area contributed by atoms with Crippen molar-refractivity contribution in [2.75, 3.05) is 13.2 Å². The Kier molecular flexibility index (Phi) is 9.13. The molecule has 0 aliphatic carbocycles. The lowest BCUT2D eigenvalue weighted by Gasteiger charge is -2.14. The van der Waals surface area contributed by atoms with Crippen molar-refractivity contribution < 1.29 is 19.1 Å². The number of benzene rings is 1. The largest absolute Gasteiger partial charge is 0.462 e. The van der Waals surface area contributed by atoms with Gasteiger partial charge in [0.05, 0.1) is 24.3 Å². The van der Waals surface area contributed by atoms with E-state index in [0.29, 0.717) is 25.0 Å². The van der Waals surface area contributed by atoms with Crippen LogP contribution in [-0.4, -0.2) is 25.2 Å². The lowest BCUT2D eigenvalue weighted by molar-refractivity contribution is 0.0397. The Morgan fingerprint density at radius 3 is 1.54 bits per heavy atom. The Morgan fingerprint density at radius 1 is 0.833 bits per heavy atom. The molecule has 134 valence electrons. The Hall–Kier alpha value is -1.84. The van der Waals surface area contributed by atoms with Crippen molar-refractivity contribution in [3.63, 3.8) is 0 Å². The van der Waals surface area contributed by atoms with Gasteiger partial charge in [-0.25, -0.2) is 9.59 Å². The van der Waals surface area contributed by atoms with Gasteiger partial charge in [-0.1, -0.05) is 52.7 Å². The molecule has 1 aromatic rings. The van der Waals surface area contributed by atoms with E-state index < -0.39 is 11.9 Å². The lowest BCUT2D eigenvalue weighted by atomic mass is 10.1. The molecule has 2 unspecified atom stereocenters. The van der Waals surface area contributed by atoms with E-state index >= 15 is 0 Å². The first-order valence-corrected chi connectivity index (χ1v) is 8.92. The molecule has 0 bridgehead atoms. The van der Waals surface area contributed by atoms with E-state index in [1.54, 1.807) is 24.3 Å². The molecular formula is C20H30O4. The summed E-state index contributed by atoms with van der Waals surface area (Å²) >= 11 is 0. The fourth-order valence-electron chi connectivity index (χ4n) is 2.58. The SMILES string of the molecule is CCCC(C)COC(=O)c1ccccc1C(=O)OCC(C)CCC. The van der Waals surface area contributed by atoms with Gasteiger partial charge < -0.3 is 9.47 Å². The van der Waals surface area contributed by atoms with Crippen LogP contribution in [0.4, 0.5) is 0 Å². The molecule has 0 radical (unpaired) electrons. The summed E-state index contributed by atoms with van der Waals surface area (Å²) in [7, 11) is 0. The predicted octanol–water partition coefficient (Wildman–Crippen LogP) is 4.87. The predicted molar refractivity (Wildman–Crippen MR) is 95.2 cm³/mol. The minimum absolute atomic E-state index is 0.273. The van der Waals surface area contributed by atoms with Gasteiger partial charge in [-0.2, -0.15) is 0 Å². The highest BCUT2D eigenvalue weighted by Crippen LogP contribution is 2.15. The Bertz CT molecular complexity index is 477. The number of ether oxygens (including phenoxy) is 2. The van der Waals surface area contributed by atoms with E-state index in [1.165, 1.54) is 0 Å². The van der Waals surface area contributed by atoms with Crippen LogP contribution in [0.25, 0.3) is 0 Å². The highest BCUT2D eigenvalue weighted by Gasteiger charge is 2.20. The minimum Gasteiger partial charge on any atom is -0.462 e. The molecule has 0 saturated carbocycles. The average Bonchev–Trinajstić information content (AvgIpc) is 2.58. The lowest BCUT2D eigenvalue weighted by Crippen LogP contribution is -2.18. The molecule has 0 heterocycles. The number of esters is 2. The van der Waals surface area contributed by atoms with E-state index in [4.69, 9.17) is 9.47 Å². The maximum atomic E-state index is 12.3. The molecule has 1 aromatic carbocycles. The van der Waals surface area contributed by atoms with Crippen LogP contribution in [0.15, 0.2) is 24.3 Å². The van der Waals surface area contributed by atoms with Crippen LogP contribution in [0.1, 0.15) is 74.1 Å². The van der Waals surface area contributed by atoms with Gasteiger partial charge in [0.1, 0.15) is 0 Å². The highest BCUT2D eigenvalue weighted by atomic mass is 16.5. The summed E-state index contributed by atoms with van der Waals surface area (Å²) in [5, 5.41) is 0. The van der Waals surface area contributed by atoms with Gasteiger partial charge in [-0.3, -0.25) is 0 Å². The maximum absolute atomic E-state index is 12.3. The molecule has 0 N–H and O–H groups in total. The third-order valence-electron chi connectivity index (χ3n) is 3.93. The van der Waals surface area contributed by atoms with Crippen LogP contribution in [0.3, 0.4) is 0 Å². The Balaban J connectivity index is 2.69. The third-order valence-corrected chi connectivity index (χ3v) is 3.93. The molecule has 0 saturated heterocycles. The van der Waals surface area contributed by atoms with Gasteiger partial charge in [-0.15, -0.1) is 0 Å². The molecule has 0 aliphatic heterocycles. The monoisotopic (exact) mass is 334 g/mol. The van der Waals surface area contributed by atoms with Crippen molar-refractivity contribution in [3.05, 3.63) is 35.4 Å². The van der Waals surface area contributed by atoms with Gasteiger partial charge in [0.2, 0.25) is 0 Å². The summed E-state index contributed by atoms with van der Waals surface area (Å²) in [6.45, 7) is 9.03. The molecule has 0 spiro atoms. The van der Waals surface area contributed by atoms with E-state index in [0.717, 1.165) is 25.7 Å². The number of carbonyl (C=O) groups is 2. The second-order valence-electron chi connectivity index (χ2n) is 6.53. The molecular weight excluding hydrogens is 304 g/mol. The zero-order chi connectivity index (χ0) is 17.9. The number of hydrogen-bond donors (Lipinski definition) is 0. The molecule has 1 rings (SSSR count). The molecule has 2 atom stereocenters. The molecule has 0 amide bonds. The van der Waals surface area contributed by atoms with Crippen LogP contribution in [0, 0.1) is 11.8 Å². The molecule has 4 nitrogen and oxygen atoms in total.